The molecular weight excluding hydrogens is 294 g/mol. The number of anilines is 1. The summed E-state index contributed by atoms with van der Waals surface area (Å²) in [5, 5.41) is 14.9. The van der Waals surface area contributed by atoms with Gasteiger partial charge in [-0.2, -0.15) is 5.26 Å². The first-order valence-corrected chi connectivity index (χ1v) is 6.75. The van der Waals surface area contributed by atoms with Gasteiger partial charge in [-0.3, -0.25) is 9.59 Å². The van der Waals surface area contributed by atoms with Crippen molar-refractivity contribution >= 4 is 23.1 Å². The van der Waals surface area contributed by atoms with Crippen molar-refractivity contribution in [1.29, 1.82) is 5.26 Å². The van der Waals surface area contributed by atoms with E-state index in [0.29, 0.717) is 11.3 Å². The average molecular weight is 307 g/mol. The summed E-state index contributed by atoms with van der Waals surface area (Å²) in [6, 6.07) is 18.8. The molecule has 1 N–H and O–H groups in total. The third-order valence-electron chi connectivity index (χ3n) is 2.80. The van der Waals surface area contributed by atoms with Crippen molar-refractivity contribution in [1.82, 2.24) is 0 Å². The predicted octanol–water partition coefficient (Wildman–Crippen LogP) is 2.40. The van der Waals surface area contributed by atoms with Gasteiger partial charge in [-0.25, -0.2) is 0 Å². The molecule has 114 valence electrons. The van der Waals surface area contributed by atoms with E-state index in [4.69, 9.17) is 10.1 Å². The molecule has 1 amide bonds. The monoisotopic (exact) mass is 307 g/mol. The van der Waals surface area contributed by atoms with E-state index >= 15 is 0 Å². The van der Waals surface area contributed by atoms with Gasteiger partial charge in [0.15, 0.2) is 6.61 Å². The van der Waals surface area contributed by atoms with Crippen LogP contribution in [-0.4, -0.2) is 24.0 Å². The van der Waals surface area contributed by atoms with Gasteiger partial charge in [0.1, 0.15) is 6.07 Å². The zero-order chi connectivity index (χ0) is 16.5. The number of hydrogen-bond donors (Lipinski definition) is 1. The van der Waals surface area contributed by atoms with Crippen LogP contribution in [0.3, 0.4) is 0 Å². The van der Waals surface area contributed by atoms with Crippen molar-refractivity contribution in [2.24, 2.45) is 5.16 Å². The molecule has 0 radical (unpaired) electrons. The largest absolute Gasteiger partial charge is 0.386 e. The number of oxime groups is 1. The SMILES string of the molecule is N#CC(=NOCC(=O)c1ccccc1)C(=O)Nc1ccccc1. The molecule has 23 heavy (non-hydrogen) atoms. The molecule has 2 aromatic rings. The molecule has 0 saturated carbocycles. The summed E-state index contributed by atoms with van der Waals surface area (Å²) >= 11 is 0. The van der Waals surface area contributed by atoms with Crippen LogP contribution in [-0.2, 0) is 9.63 Å². The lowest BCUT2D eigenvalue weighted by atomic mass is 10.1. The van der Waals surface area contributed by atoms with Crippen LogP contribution in [0, 0.1) is 11.3 Å². The third kappa shape index (κ3) is 4.79. The lowest BCUT2D eigenvalue weighted by Crippen LogP contribution is -2.22. The van der Waals surface area contributed by atoms with E-state index in [1.807, 2.05) is 0 Å². The third-order valence-corrected chi connectivity index (χ3v) is 2.80. The van der Waals surface area contributed by atoms with E-state index in [-0.39, 0.29) is 12.4 Å². The predicted molar refractivity (Wildman–Crippen MR) is 84.8 cm³/mol. The fourth-order valence-corrected chi connectivity index (χ4v) is 1.69. The van der Waals surface area contributed by atoms with E-state index in [9.17, 15) is 9.59 Å². The second-order valence-electron chi connectivity index (χ2n) is 4.43. The van der Waals surface area contributed by atoms with Gasteiger partial charge in [0.05, 0.1) is 0 Å². The number of nitriles is 1. The minimum Gasteiger partial charge on any atom is -0.386 e. The number of hydrogen-bond acceptors (Lipinski definition) is 5. The van der Waals surface area contributed by atoms with Crippen molar-refractivity contribution in [2.45, 2.75) is 0 Å². The molecule has 0 aliphatic rings. The Labute approximate surface area is 133 Å². The summed E-state index contributed by atoms with van der Waals surface area (Å²) in [5.74, 6) is -0.999. The molecule has 0 aliphatic heterocycles. The van der Waals surface area contributed by atoms with Crippen LogP contribution >= 0.6 is 0 Å². The highest BCUT2D eigenvalue weighted by Crippen LogP contribution is 2.05. The molecular formula is C17H13N3O3. The second kappa shape index (κ2) is 8.10. The van der Waals surface area contributed by atoms with E-state index < -0.39 is 11.6 Å². The maximum absolute atomic E-state index is 11.9. The first-order valence-electron chi connectivity index (χ1n) is 6.75. The second-order valence-corrected chi connectivity index (χ2v) is 4.43. The van der Waals surface area contributed by atoms with Crippen molar-refractivity contribution < 1.29 is 14.4 Å². The molecule has 0 saturated heterocycles. The first-order chi connectivity index (χ1) is 11.2. The standard InChI is InChI=1S/C17H13N3O3/c18-11-15(17(22)19-14-9-5-2-6-10-14)20-23-12-16(21)13-7-3-1-4-8-13/h1-10H,12H2,(H,19,22). The number of ketones is 1. The number of carbonyl (C=O) groups is 2. The number of nitrogens with zero attached hydrogens (tertiary/aromatic N) is 2. The highest BCUT2D eigenvalue weighted by molar-refractivity contribution is 6.48. The van der Waals surface area contributed by atoms with Gasteiger partial charge >= 0.3 is 0 Å². The first kappa shape index (κ1) is 15.9. The van der Waals surface area contributed by atoms with Gasteiger partial charge in [-0.1, -0.05) is 53.7 Å². The van der Waals surface area contributed by atoms with Crippen LogP contribution in [0.25, 0.3) is 0 Å². The van der Waals surface area contributed by atoms with Crippen LogP contribution in [0.5, 0.6) is 0 Å². The van der Waals surface area contributed by atoms with E-state index in [1.54, 1.807) is 66.7 Å². The molecule has 0 unspecified atom stereocenters. The van der Waals surface area contributed by atoms with E-state index in [0.717, 1.165) is 0 Å². The van der Waals surface area contributed by atoms with Crippen LogP contribution in [0.4, 0.5) is 5.69 Å². The molecule has 0 aliphatic carbocycles. The smallest absolute Gasteiger partial charge is 0.288 e. The Kier molecular flexibility index (Phi) is 5.61. The van der Waals surface area contributed by atoms with Gasteiger partial charge in [-0.15, -0.1) is 0 Å². The van der Waals surface area contributed by atoms with Crippen LogP contribution in [0.15, 0.2) is 65.8 Å². The minimum atomic E-state index is -0.703. The lowest BCUT2D eigenvalue weighted by molar-refractivity contribution is -0.110. The van der Waals surface area contributed by atoms with Gasteiger partial charge in [0.2, 0.25) is 11.5 Å². The highest BCUT2D eigenvalue weighted by Gasteiger charge is 2.13. The number of nitrogens with one attached hydrogen (secondary N) is 1. The summed E-state index contributed by atoms with van der Waals surface area (Å²) in [4.78, 5) is 28.5. The molecule has 0 aromatic heterocycles. The normalized spacial score (nSPS) is 10.5. The topological polar surface area (TPSA) is 91.5 Å². The van der Waals surface area contributed by atoms with Gasteiger partial charge in [0.25, 0.3) is 5.91 Å². The summed E-state index contributed by atoms with van der Waals surface area (Å²) in [5.41, 5.74) is 0.533. The molecule has 6 heteroatoms. The van der Waals surface area contributed by atoms with E-state index in [1.165, 1.54) is 0 Å². The summed E-state index contributed by atoms with van der Waals surface area (Å²) in [7, 11) is 0. The van der Waals surface area contributed by atoms with Crippen LogP contribution < -0.4 is 5.32 Å². The summed E-state index contributed by atoms with van der Waals surface area (Å²) in [6.07, 6.45) is 0. The van der Waals surface area contributed by atoms with Gasteiger partial charge in [0, 0.05) is 11.3 Å². The van der Waals surface area contributed by atoms with Crippen molar-refractivity contribution in [3.8, 4) is 6.07 Å². The zero-order valence-electron chi connectivity index (χ0n) is 12.1. The van der Waals surface area contributed by atoms with Crippen LogP contribution in [0.2, 0.25) is 0 Å². The van der Waals surface area contributed by atoms with Crippen LogP contribution in [0.1, 0.15) is 10.4 Å². The number of Topliss-reactive ketones (excluding diaryl/α,β-unsaturated/α-hetero) is 1. The highest BCUT2D eigenvalue weighted by atomic mass is 16.6. The fourth-order valence-electron chi connectivity index (χ4n) is 1.69. The molecule has 2 aromatic carbocycles. The van der Waals surface area contributed by atoms with Gasteiger partial charge < -0.3 is 10.2 Å². The minimum absolute atomic E-state index is 0.296. The van der Waals surface area contributed by atoms with Crippen molar-refractivity contribution in [2.75, 3.05) is 11.9 Å². The Morgan fingerprint density at radius 3 is 2.26 bits per heavy atom. The molecule has 0 spiro atoms. The number of rotatable bonds is 6. The van der Waals surface area contributed by atoms with Crippen molar-refractivity contribution in [3.63, 3.8) is 0 Å². The number of benzene rings is 2. The van der Waals surface area contributed by atoms with E-state index in [2.05, 4.69) is 10.5 Å². The van der Waals surface area contributed by atoms with Crippen molar-refractivity contribution in [3.05, 3.63) is 66.2 Å². The molecule has 0 bridgehead atoms. The zero-order valence-corrected chi connectivity index (χ0v) is 12.1. The molecule has 6 nitrogen and oxygen atoms in total. The summed E-state index contributed by atoms with van der Waals surface area (Å²) in [6.45, 7) is -0.353. The Morgan fingerprint density at radius 1 is 1.04 bits per heavy atom. The fraction of sp³-hybridized carbons (Fsp3) is 0.0588. The Bertz CT molecular complexity index is 750. The Morgan fingerprint density at radius 2 is 1.65 bits per heavy atom. The molecule has 0 fully saturated rings. The molecule has 2 rings (SSSR count). The molecule has 0 atom stereocenters. The number of para-hydroxylation sites is 1. The summed E-state index contributed by atoms with van der Waals surface area (Å²) < 4.78 is 0. The maximum Gasteiger partial charge on any atom is 0.288 e. The molecule has 0 heterocycles. The lowest BCUT2D eigenvalue weighted by Gasteiger charge is -2.03. The Hall–Kier alpha value is -3.46. The maximum atomic E-state index is 11.9. The number of carbonyl (C=O) groups excluding carboxylic acids is 2. The number of amides is 1. The Balaban J connectivity index is 1.93. The quantitative estimate of drug-likeness (QED) is 0.504. The van der Waals surface area contributed by atoms with Gasteiger partial charge in [-0.05, 0) is 12.1 Å². The average Bonchev–Trinajstić information content (AvgIpc) is 2.60.